The van der Waals surface area contributed by atoms with Crippen molar-refractivity contribution in [3.05, 3.63) is 29.8 Å². The van der Waals surface area contributed by atoms with Crippen molar-refractivity contribution >= 4 is 11.8 Å². The van der Waals surface area contributed by atoms with Gasteiger partial charge >= 0.3 is 0 Å². The Morgan fingerprint density at radius 2 is 1.85 bits per heavy atom. The highest BCUT2D eigenvalue weighted by atomic mass is 32.2. The summed E-state index contributed by atoms with van der Waals surface area (Å²) in [5.74, 6) is 3.54. The van der Waals surface area contributed by atoms with E-state index in [-0.39, 0.29) is 0 Å². The van der Waals surface area contributed by atoms with Crippen molar-refractivity contribution in [2.75, 3.05) is 18.1 Å². The summed E-state index contributed by atoms with van der Waals surface area (Å²) in [6.07, 6.45) is 8.00. The van der Waals surface area contributed by atoms with Crippen molar-refractivity contribution in [2.24, 2.45) is 0 Å². The molecule has 0 radical (unpaired) electrons. The quantitative estimate of drug-likeness (QED) is 0.915. The van der Waals surface area contributed by atoms with Crippen LogP contribution >= 0.6 is 11.8 Å². The summed E-state index contributed by atoms with van der Waals surface area (Å²) in [5, 5.41) is 3.61. The third-order valence-electron chi connectivity index (χ3n) is 4.29. The first-order valence-electron chi connectivity index (χ1n) is 7.97. The minimum atomic E-state index is 0.433. The zero-order chi connectivity index (χ0) is 13.6. The number of ether oxygens (including phenoxy) is 1. The van der Waals surface area contributed by atoms with E-state index in [4.69, 9.17) is 4.74 Å². The van der Waals surface area contributed by atoms with E-state index in [0.717, 1.165) is 12.2 Å². The highest BCUT2D eigenvalue weighted by Crippen LogP contribution is 2.23. The molecule has 2 aliphatic heterocycles. The molecular formula is C17H25NOS. The Morgan fingerprint density at radius 1 is 1.05 bits per heavy atom. The molecule has 110 valence electrons. The third kappa shape index (κ3) is 4.16. The summed E-state index contributed by atoms with van der Waals surface area (Å²) in [6, 6.07) is 9.46. The van der Waals surface area contributed by atoms with E-state index < -0.39 is 0 Å². The Balaban J connectivity index is 1.51. The molecule has 2 nitrogen and oxygen atoms in total. The molecule has 1 unspecified atom stereocenters. The Bertz CT molecular complexity index is 355. The third-order valence-corrected chi connectivity index (χ3v) is 5.34. The predicted octanol–water partition coefficient (Wildman–Crippen LogP) is 3.65. The van der Waals surface area contributed by atoms with Gasteiger partial charge in [0, 0.05) is 6.04 Å². The number of thioether (sulfide) groups is 1. The van der Waals surface area contributed by atoms with E-state index in [1.807, 2.05) is 11.8 Å². The molecule has 0 spiro atoms. The minimum Gasteiger partial charge on any atom is -0.490 e. The van der Waals surface area contributed by atoms with Crippen molar-refractivity contribution in [1.82, 2.24) is 5.32 Å². The fourth-order valence-electron chi connectivity index (χ4n) is 3.07. The molecule has 20 heavy (non-hydrogen) atoms. The van der Waals surface area contributed by atoms with Gasteiger partial charge in [-0.3, -0.25) is 0 Å². The maximum Gasteiger partial charge on any atom is 0.119 e. The zero-order valence-electron chi connectivity index (χ0n) is 12.1. The molecule has 0 bridgehead atoms. The molecule has 0 aromatic heterocycles. The van der Waals surface area contributed by atoms with Crippen LogP contribution in [0.4, 0.5) is 0 Å². The van der Waals surface area contributed by atoms with E-state index in [1.165, 1.54) is 55.7 Å². The lowest BCUT2D eigenvalue weighted by Gasteiger charge is -2.24. The molecule has 2 heterocycles. The van der Waals surface area contributed by atoms with Crippen molar-refractivity contribution in [3.63, 3.8) is 0 Å². The number of piperidine rings is 1. The first kappa shape index (κ1) is 14.3. The molecule has 1 aromatic rings. The fourth-order valence-corrected chi connectivity index (χ4v) is 4.14. The Kier molecular flexibility index (Phi) is 5.26. The van der Waals surface area contributed by atoms with Crippen molar-refractivity contribution in [3.8, 4) is 5.75 Å². The summed E-state index contributed by atoms with van der Waals surface area (Å²) < 4.78 is 6.07. The van der Waals surface area contributed by atoms with Gasteiger partial charge in [-0.05, 0) is 67.9 Å². The second kappa shape index (κ2) is 7.37. The van der Waals surface area contributed by atoms with Gasteiger partial charge in [0.05, 0.1) is 0 Å². The lowest BCUT2D eigenvalue weighted by Crippen LogP contribution is -2.35. The molecule has 0 saturated carbocycles. The maximum atomic E-state index is 6.07. The number of hydrogen-bond acceptors (Lipinski definition) is 3. The number of rotatable bonds is 4. The molecule has 1 atom stereocenters. The normalized spacial score (nSPS) is 24.5. The number of benzene rings is 1. The standard InChI is InChI=1S/C17H25NOS/c1-2-10-18-15(3-1)13-14-4-6-16(7-5-14)19-17-8-11-20-12-9-17/h4-7,15,17-18H,1-3,8-13H2. The molecule has 2 fully saturated rings. The van der Waals surface area contributed by atoms with E-state index in [0.29, 0.717) is 12.1 Å². The average molecular weight is 291 g/mol. The molecule has 2 saturated heterocycles. The van der Waals surface area contributed by atoms with Gasteiger partial charge in [0.1, 0.15) is 11.9 Å². The van der Waals surface area contributed by atoms with Crippen LogP contribution in [0, 0.1) is 0 Å². The molecule has 2 aliphatic rings. The van der Waals surface area contributed by atoms with Gasteiger partial charge in [-0.2, -0.15) is 11.8 Å². The monoisotopic (exact) mass is 291 g/mol. The molecule has 0 amide bonds. The van der Waals surface area contributed by atoms with Crippen LogP contribution in [0.25, 0.3) is 0 Å². The van der Waals surface area contributed by atoms with Gasteiger partial charge < -0.3 is 10.1 Å². The Labute approximate surface area is 126 Å². The van der Waals surface area contributed by atoms with Gasteiger partial charge in [-0.25, -0.2) is 0 Å². The van der Waals surface area contributed by atoms with Gasteiger partial charge in [0.25, 0.3) is 0 Å². The van der Waals surface area contributed by atoms with Crippen LogP contribution in [0.15, 0.2) is 24.3 Å². The first-order chi connectivity index (χ1) is 9.90. The second-order valence-corrected chi connectivity index (χ2v) is 7.15. The maximum absolute atomic E-state index is 6.07. The highest BCUT2D eigenvalue weighted by molar-refractivity contribution is 7.99. The van der Waals surface area contributed by atoms with E-state index in [1.54, 1.807) is 0 Å². The molecule has 3 heteroatoms. The smallest absolute Gasteiger partial charge is 0.119 e. The Morgan fingerprint density at radius 3 is 2.55 bits per heavy atom. The van der Waals surface area contributed by atoms with Crippen LogP contribution in [-0.4, -0.2) is 30.2 Å². The van der Waals surface area contributed by atoms with Crippen LogP contribution < -0.4 is 10.1 Å². The molecule has 3 rings (SSSR count). The van der Waals surface area contributed by atoms with Crippen LogP contribution in [0.5, 0.6) is 5.75 Å². The summed E-state index contributed by atoms with van der Waals surface area (Å²) in [6.45, 7) is 1.19. The van der Waals surface area contributed by atoms with E-state index >= 15 is 0 Å². The highest BCUT2D eigenvalue weighted by Gasteiger charge is 2.16. The molecule has 1 aromatic carbocycles. The predicted molar refractivity (Wildman–Crippen MR) is 86.8 cm³/mol. The lowest BCUT2D eigenvalue weighted by molar-refractivity contribution is 0.192. The number of nitrogens with one attached hydrogen (secondary N) is 1. The number of hydrogen-bond donors (Lipinski definition) is 1. The van der Waals surface area contributed by atoms with Crippen LogP contribution in [0.1, 0.15) is 37.7 Å². The fraction of sp³-hybridized carbons (Fsp3) is 0.647. The molecule has 0 aliphatic carbocycles. The summed E-state index contributed by atoms with van der Waals surface area (Å²) in [4.78, 5) is 0. The minimum absolute atomic E-state index is 0.433. The van der Waals surface area contributed by atoms with E-state index in [2.05, 4.69) is 29.6 Å². The van der Waals surface area contributed by atoms with Gasteiger partial charge in [-0.1, -0.05) is 18.6 Å². The van der Waals surface area contributed by atoms with E-state index in [9.17, 15) is 0 Å². The SMILES string of the molecule is c1cc(OC2CCSCC2)ccc1CC1CCCCN1. The van der Waals surface area contributed by atoms with Gasteiger partial charge in [-0.15, -0.1) is 0 Å². The van der Waals surface area contributed by atoms with Crippen molar-refractivity contribution in [2.45, 2.75) is 50.7 Å². The average Bonchev–Trinajstić information content (AvgIpc) is 2.51. The zero-order valence-corrected chi connectivity index (χ0v) is 13.0. The van der Waals surface area contributed by atoms with Gasteiger partial charge in [0.15, 0.2) is 0 Å². The van der Waals surface area contributed by atoms with Crippen LogP contribution in [-0.2, 0) is 6.42 Å². The van der Waals surface area contributed by atoms with Crippen LogP contribution in [0.2, 0.25) is 0 Å². The lowest BCUT2D eigenvalue weighted by atomic mass is 9.98. The molecular weight excluding hydrogens is 266 g/mol. The molecule has 1 N–H and O–H groups in total. The van der Waals surface area contributed by atoms with Crippen molar-refractivity contribution in [1.29, 1.82) is 0 Å². The summed E-state index contributed by atoms with van der Waals surface area (Å²) >= 11 is 2.04. The first-order valence-corrected chi connectivity index (χ1v) is 9.12. The Hall–Kier alpha value is -0.670. The summed E-state index contributed by atoms with van der Waals surface area (Å²) in [7, 11) is 0. The topological polar surface area (TPSA) is 21.3 Å². The van der Waals surface area contributed by atoms with Crippen LogP contribution in [0.3, 0.4) is 0 Å². The second-order valence-electron chi connectivity index (χ2n) is 5.92. The van der Waals surface area contributed by atoms with Gasteiger partial charge in [0.2, 0.25) is 0 Å². The largest absolute Gasteiger partial charge is 0.490 e. The summed E-state index contributed by atoms with van der Waals surface area (Å²) in [5.41, 5.74) is 1.43. The van der Waals surface area contributed by atoms with Crippen molar-refractivity contribution < 1.29 is 4.74 Å².